The van der Waals surface area contributed by atoms with Gasteiger partial charge in [-0.3, -0.25) is 9.59 Å². The fourth-order valence-electron chi connectivity index (χ4n) is 4.81. The maximum absolute atomic E-state index is 13.2. The van der Waals surface area contributed by atoms with E-state index < -0.39 is 35.6 Å². The first-order valence-corrected chi connectivity index (χ1v) is 13.3. The Morgan fingerprint density at radius 2 is 1.86 bits per heavy atom. The third-order valence-corrected chi connectivity index (χ3v) is 8.35. The SMILES string of the molecule is C/C1=C/CC(c2ccc3nc(C)sc3c2)OC(=O)CC(O)C(C)(C)C(=O)C(C)C(O)C(C)CCC1. The zero-order chi connectivity index (χ0) is 25.9. The molecule has 3 rings (SSSR count). The molecular weight excluding hydrogens is 462 g/mol. The van der Waals surface area contributed by atoms with Gasteiger partial charge < -0.3 is 14.9 Å². The van der Waals surface area contributed by atoms with Gasteiger partial charge in [0.2, 0.25) is 0 Å². The van der Waals surface area contributed by atoms with Gasteiger partial charge in [-0.2, -0.15) is 0 Å². The van der Waals surface area contributed by atoms with Gasteiger partial charge >= 0.3 is 5.97 Å². The number of Topliss-reactive ketones (excluding diaryl/α,β-unsaturated/α-hetero) is 1. The monoisotopic (exact) mass is 501 g/mol. The molecule has 7 heteroatoms. The van der Waals surface area contributed by atoms with Crippen LogP contribution in [0, 0.1) is 24.2 Å². The van der Waals surface area contributed by atoms with Crippen molar-refractivity contribution in [2.24, 2.45) is 17.3 Å². The number of allylic oxidation sites excluding steroid dienone is 1. The lowest BCUT2D eigenvalue weighted by atomic mass is 9.73. The van der Waals surface area contributed by atoms with Gasteiger partial charge in [-0.25, -0.2) is 4.98 Å². The summed E-state index contributed by atoms with van der Waals surface area (Å²) < 4.78 is 6.92. The van der Waals surface area contributed by atoms with Gasteiger partial charge in [0.1, 0.15) is 11.9 Å². The van der Waals surface area contributed by atoms with Crippen molar-refractivity contribution in [3.8, 4) is 0 Å². The Bertz CT molecular complexity index is 1090. The molecule has 2 aromatic rings. The molecule has 5 atom stereocenters. The zero-order valence-corrected chi connectivity index (χ0v) is 22.5. The fourth-order valence-corrected chi connectivity index (χ4v) is 5.69. The molecule has 1 aromatic heterocycles. The third kappa shape index (κ3) is 6.57. The number of rotatable bonds is 1. The maximum Gasteiger partial charge on any atom is 0.309 e. The van der Waals surface area contributed by atoms with Gasteiger partial charge in [-0.05, 0) is 56.7 Å². The normalized spacial score (nSPS) is 31.1. The van der Waals surface area contributed by atoms with Gasteiger partial charge in [0.05, 0.1) is 39.3 Å². The van der Waals surface area contributed by atoms with E-state index in [1.807, 2.05) is 32.0 Å². The van der Waals surface area contributed by atoms with E-state index in [0.29, 0.717) is 6.42 Å². The average molecular weight is 502 g/mol. The van der Waals surface area contributed by atoms with Crippen molar-refractivity contribution in [2.45, 2.75) is 92.0 Å². The summed E-state index contributed by atoms with van der Waals surface area (Å²) in [5, 5.41) is 22.6. The van der Waals surface area contributed by atoms with Crippen LogP contribution < -0.4 is 0 Å². The highest BCUT2D eigenvalue weighted by Crippen LogP contribution is 2.34. The predicted molar refractivity (Wildman–Crippen MR) is 139 cm³/mol. The Morgan fingerprint density at radius 3 is 2.57 bits per heavy atom. The number of carbonyl (C=O) groups excluding carboxylic acids is 2. The summed E-state index contributed by atoms with van der Waals surface area (Å²) in [6.07, 6.45) is 2.39. The van der Waals surface area contributed by atoms with Crippen molar-refractivity contribution in [2.75, 3.05) is 0 Å². The highest BCUT2D eigenvalue weighted by Gasteiger charge is 2.42. The molecule has 5 unspecified atom stereocenters. The number of benzene rings is 1. The number of aliphatic hydroxyl groups excluding tert-OH is 2. The summed E-state index contributed by atoms with van der Waals surface area (Å²) in [6, 6.07) is 5.91. The molecule has 0 radical (unpaired) electrons. The van der Waals surface area contributed by atoms with Crippen LogP contribution in [0.25, 0.3) is 10.2 Å². The molecule has 2 N–H and O–H groups in total. The molecule has 6 nitrogen and oxygen atoms in total. The lowest BCUT2D eigenvalue weighted by Crippen LogP contribution is -2.45. The lowest BCUT2D eigenvalue weighted by molar-refractivity contribution is -0.155. The molecule has 1 aromatic carbocycles. The minimum atomic E-state index is -1.22. The molecule has 0 bridgehead atoms. The van der Waals surface area contributed by atoms with E-state index in [1.54, 1.807) is 32.1 Å². The number of ketones is 1. The van der Waals surface area contributed by atoms with Gasteiger partial charge in [0, 0.05) is 12.3 Å². The molecule has 35 heavy (non-hydrogen) atoms. The summed E-state index contributed by atoms with van der Waals surface area (Å²) in [5.74, 6) is -1.49. The molecular formula is C28H39NO5S. The van der Waals surface area contributed by atoms with E-state index >= 15 is 0 Å². The molecule has 0 fully saturated rings. The highest BCUT2D eigenvalue weighted by atomic mass is 32.1. The van der Waals surface area contributed by atoms with Crippen molar-refractivity contribution in [1.29, 1.82) is 0 Å². The van der Waals surface area contributed by atoms with Crippen LogP contribution in [-0.4, -0.2) is 39.2 Å². The number of aromatic nitrogens is 1. The number of hydrogen-bond acceptors (Lipinski definition) is 7. The number of aliphatic hydroxyl groups is 2. The van der Waals surface area contributed by atoms with E-state index in [1.165, 1.54) is 5.57 Å². The molecule has 0 saturated carbocycles. The van der Waals surface area contributed by atoms with Gasteiger partial charge in [-0.1, -0.05) is 45.4 Å². The first-order chi connectivity index (χ1) is 16.4. The van der Waals surface area contributed by atoms with Crippen LogP contribution in [0.5, 0.6) is 0 Å². The Labute approximate surface area is 212 Å². The number of cyclic esters (lactones) is 1. The molecule has 0 amide bonds. The van der Waals surface area contributed by atoms with Crippen molar-refractivity contribution in [1.82, 2.24) is 4.98 Å². The first kappa shape index (κ1) is 27.5. The van der Waals surface area contributed by atoms with Crippen molar-refractivity contribution < 1.29 is 24.5 Å². The van der Waals surface area contributed by atoms with Crippen LogP contribution in [0.4, 0.5) is 0 Å². The van der Waals surface area contributed by atoms with Crippen LogP contribution in [-0.2, 0) is 14.3 Å². The third-order valence-electron chi connectivity index (χ3n) is 7.41. The largest absolute Gasteiger partial charge is 0.457 e. The number of fused-ring (bicyclic) bond motifs is 1. The van der Waals surface area contributed by atoms with E-state index in [4.69, 9.17) is 4.74 Å². The summed E-state index contributed by atoms with van der Waals surface area (Å²) in [7, 11) is 0. The Balaban J connectivity index is 1.91. The van der Waals surface area contributed by atoms with Crippen LogP contribution in [0.2, 0.25) is 0 Å². The molecule has 0 aliphatic carbocycles. The lowest BCUT2D eigenvalue weighted by Gasteiger charge is -2.34. The quantitative estimate of drug-likeness (QED) is 0.385. The topological polar surface area (TPSA) is 96.7 Å². The second kappa shape index (κ2) is 11.3. The van der Waals surface area contributed by atoms with Gasteiger partial charge in [0.25, 0.3) is 0 Å². The summed E-state index contributed by atoms with van der Waals surface area (Å²) >= 11 is 1.60. The minimum Gasteiger partial charge on any atom is -0.457 e. The van der Waals surface area contributed by atoms with Crippen LogP contribution in [0.1, 0.15) is 83.4 Å². The number of ether oxygens (including phenoxy) is 1. The second-order valence-corrected chi connectivity index (χ2v) is 11.9. The van der Waals surface area contributed by atoms with Crippen molar-refractivity contribution in [3.63, 3.8) is 0 Å². The Hall–Kier alpha value is -2.09. The number of hydrogen-bond donors (Lipinski definition) is 2. The van der Waals surface area contributed by atoms with Crippen molar-refractivity contribution >= 4 is 33.3 Å². The Kier molecular flexibility index (Phi) is 8.89. The smallest absolute Gasteiger partial charge is 0.309 e. The van der Waals surface area contributed by atoms with Crippen molar-refractivity contribution in [3.05, 3.63) is 40.4 Å². The number of carbonyl (C=O) groups is 2. The molecule has 192 valence electrons. The summed E-state index contributed by atoms with van der Waals surface area (Å²) in [6.45, 7) is 11.0. The number of nitrogens with zero attached hydrogens (tertiary/aromatic N) is 1. The van der Waals surface area contributed by atoms with Crippen LogP contribution in [0.15, 0.2) is 29.8 Å². The van der Waals surface area contributed by atoms with Crippen LogP contribution in [0.3, 0.4) is 0 Å². The van der Waals surface area contributed by atoms with E-state index in [-0.39, 0.29) is 18.1 Å². The maximum atomic E-state index is 13.2. The molecule has 1 aliphatic heterocycles. The number of esters is 1. The van der Waals surface area contributed by atoms with E-state index in [2.05, 4.69) is 18.0 Å². The number of thiazole rings is 1. The summed E-state index contributed by atoms with van der Waals surface area (Å²) in [5.41, 5.74) is 1.81. The van der Waals surface area contributed by atoms with E-state index in [9.17, 15) is 19.8 Å². The average Bonchev–Trinajstić information content (AvgIpc) is 3.18. The van der Waals surface area contributed by atoms with E-state index in [0.717, 1.165) is 40.1 Å². The Morgan fingerprint density at radius 1 is 1.14 bits per heavy atom. The fraction of sp³-hybridized carbons (Fsp3) is 0.607. The first-order valence-electron chi connectivity index (χ1n) is 12.5. The summed E-state index contributed by atoms with van der Waals surface area (Å²) in [4.78, 5) is 30.7. The molecule has 2 heterocycles. The molecule has 0 saturated heterocycles. The predicted octanol–water partition coefficient (Wildman–Crippen LogP) is 5.69. The highest BCUT2D eigenvalue weighted by molar-refractivity contribution is 7.18. The van der Waals surface area contributed by atoms with Gasteiger partial charge in [-0.15, -0.1) is 11.3 Å². The zero-order valence-electron chi connectivity index (χ0n) is 21.7. The number of aryl methyl sites for hydroxylation is 1. The second-order valence-electron chi connectivity index (χ2n) is 10.7. The van der Waals surface area contributed by atoms with Gasteiger partial charge in [0.15, 0.2) is 0 Å². The standard InChI is InChI=1S/C28H39NO5S/c1-16-8-7-9-17(2)26(32)18(3)27(33)28(5,6)24(30)15-25(31)34-22(13-10-16)20-11-12-21-23(14-20)35-19(4)29-21/h10-12,14,17-18,22,24,26,30,32H,7-9,13,15H2,1-6H3/b16-10-. The minimum absolute atomic E-state index is 0.0464. The molecule has 0 spiro atoms. The van der Waals surface area contributed by atoms with Crippen LogP contribution >= 0.6 is 11.3 Å². The molecule has 1 aliphatic rings.